The van der Waals surface area contributed by atoms with E-state index in [1.54, 1.807) is 10.6 Å². The van der Waals surface area contributed by atoms with E-state index in [1.807, 2.05) is 24.3 Å². The molecule has 104 valence electrons. The minimum Gasteiger partial charge on any atom is -0.351 e. The molecule has 6 nitrogen and oxygen atoms in total. The maximum Gasteiger partial charge on any atom is 0.318 e. The highest BCUT2D eigenvalue weighted by Gasteiger charge is 2.14. The van der Waals surface area contributed by atoms with Gasteiger partial charge in [0, 0.05) is 5.75 Å². The molecular formula is C13H14N4O2S. The van der Waals surface area contributed by atoms with E-state index in [0.29, 0.717) is 10.9 Å². The molecule has 0 spiro atoms. The molecule has 3 N–H and O–H groups in total. The van der Waals surface area contributed by atoms with Crippen molar-refractivity contribution < 1.29 is 9.59 Å². The molecule has 0 aliphatic heterocycles. The van der Waals surface area contributed by atoms with Gasteiger partial charge in [-0.05, 0) is 12.1 Å². The van der Waals surface area contributed by atoms with Gasteiger partial charge in [-0.1, -0.05) is 30.0 Å². The lowest BCUT2D eigenvalue weighted by Crippen LogP contribution is -2.37. The van der Waals surface area contributed by atoms with Crippen LogP contribution in [0.25, 0.3) is 11.0 Å². The number of imide groups is 1. The number of aromatic nitrogens is 2. The standard InChI is InChI=1S/C13H14N4O2S/c1-2-7-20-13-15-9-5-3-4-6-10(9)17(13)8-11(18)16-12(14)19/h2-6H,1,7-8H2,(H3,14,16,18,19). The molecule has 1 heterocycles. The van der Waals surface area contributed by atoms with Gasteiger partial charge in [0.15, 0.2) is 5.16 Å². The van der Waals surface area contributed by atoms with Gasteiger partial charge >= 0.3 is 6.03 Å². The molecule has 20 heavy (non-hydrogen) atoms. The van der Waals surface area contributed by atoms with Gasteiger partial charge in [-0.25, -0.2) is 9.78 Å². The predicted octanol–water partition coefficient (Wildman–Crippen LogP) is 1.51. The Morgan fingerprint density at radius 3 is 2.90 bits per heavy atom. The van der Waals surface area contributed by atoms with Crippen LogP contribution in [0.1, 0.15) is 0 Å². The zero-order chi connectivity index (χ0) is 14.5. The third-order valence-corrected chi connectivity index (χ3v) is 3.49. The normalized spacial score (nSPS) is 10.4. The van der Waals surface area contributed by atoms with Crippen molar-refractivity contribution in [1.82, 2.24) is 14.9 Å². The Bertz CT molecular complexity index is 665. The molecule has 0 bridgehead atoms. The van der Waals surface area contributed by atoms with E-state index < -0.39 is 11.9 Å². The Hall–Kier alpha value is -2.28. The molecule has 0 radical (unpaired) electrons. The summed E-state index contributed by atoms with van der Waals surface area (Å²) in [4.78, 5) is 26.9. The fourth-order valence-electron chi connectivity index (χ4n) is 1.77. The molecule has 0 aliphatic carbocycles. The van der Waals surface area contributed by atoms with Crippen LogP contribution in [0.4, 0.5) is 4.79 Å². The summed E-state index contributed by atoms with van der Waals surface area (Å²) in [5, 5.41) is 2.75. The molecule has 0 atom stereocenters. The van der Waals surface area contributed by atoms with Gasteiger partial charge in [0.1, 0.15) is 6.54 Å². The van der Waals surface area contributed by atoms with Crippen molar-refractivity contribution in [3.63, 3.8) is 0 Å². The first-order valence-electron chi connectivity index (χ1n) is 5.90. The number of rotatable bonds is 5. The average molecular weight is 290 g/mol. The number of carbonyl (C=O) groups excluding carboxylic acids is 2. The number of hydrogen-bond donors (Lipinski definition) is 2. The quantitative estimate of drug-likeness (QED) is 0.645. The van der Waals surface area contributed by atoms with Crippen molar-refractivity contribution in [2.24, 2.45) is 5.73 Å². The lowest BCUT2D eigenvalue weighted by Gasteiger charge is -2.07. The Labute approximate surface area is 120 Å². The number of thioether (sulfide) groups is 1. The van der Waals surface area contributed by atoms with E-state index >= 15 is 0 Å². The maximum atomic E-state index is 11.7. The second-order valence-electron chi connectivity index (χ2n) is 3.98. The van der Waals surface area contributed by atoms with Gasteiger partial charge in [-0.15, -0.1) is 6.58 Å². The van der Waals surface area contributed by atoms with Gasteiger partial charge in [-0.3, -0.25) is 10.1 Å². The molecule has 2 aromatic rings. The zero-order valence-corrected chi connectivity index (χ0v) is 11.5. The number of carbonyl (C=O) groups is 2. The first-order valence-corrected chi connectivity index (χ1v) is 6.88. The van der Waals surface area contributed by atoms with Crippen molar-refractivity contribution in [2.75, 3.05) is 5.75 Å². The topological polar surface area (TPSA) is 90.0 Å². The van der Waals surface area contributed by atoms with Gasteiger partial charge < -0.3 is 10.3 Å². The number of nitrogens with two attached hydrogens (primary N) is 1. The van der Waals surface area contributed by atoms with Crippen molar-refractivity contribution in [3.8, 4) is 0 Å². The fraction of sp³-hybridized carbons (Fsp3) is 0.154. The Balaban J connectivity index is 2.34. The van der Waals surface area contributed by atoms with Crippen LogP contribution in [0.15, 0.2) is 42.1 Å². The molecule has 0 unspecified atom stereocenters. The molecule has 0 saturated carbocycles. The second kappa shape index (κ2) is 6.25. The van der Waals surface area contributed by atoms with Crippen LogP contribution in [-0.2, 0) is 11.3 Å². The lowest BCUT2D eigenvalue weighted by atomic mass is 10.3. The number of fused-ring (bicyclic) bond motifs is 1. The SMILES string of the molecule is C=CCSc1nc2ccccc2n1CC(=O)NC(N)=O. The Morgan fingerprint density at radius 2 is 2.20 bits per heavy atom. The number of para-hydroxylation sites is 2. The minimum atomic E-state index is -0.861. The third-order valence-electron chi connectivity index (χ3n) is 2.51. The monoisotopic (exact) mass is 290 g/mol. The highest BCUT2D eigenvalue weighted by atomic mass is 32.2. The van der Waals surface area contributed by atoms with Crippen LogP contribution >= 0.6 is 11.8 Å². The molecule has 1 aromatic heterocycles. The number of benzene rings is 1. The van der Waals surface area contributed by atoms with Crippen molar-refractivity contribution in [3.05, 3.63) is 36.9 Å². The zero-order valence-electron chi connectivity index (χ0n) is 10.7. The Kier molecular flexibility index (Phi) is 4.41. The van der Waals surface area contributed by atoms with Crippen LogP contribution < -0.4 is 11.1 Å². The highest BCUT2D eigenvalue weighted by molar-refractivity contribution is 7.99. The number of primary amides is 1. The van der Waals surface area contributed by atoms with E-state index in [2.05, 4.69) is 16.9 Å². The number of nitrogens with zero attached hydrogens (tertiary/aromatic N) is 2. The van der Waals surface area contributed by atoms with Crippen LogP contribution in [0.3, 0.4) is 0 Å². The Morgan fingerprint density at radius 1 is 1.45 bits per heavy atom. The second-order valence-corrected chi connectivity index (χ2v) is 4.97. The number of imidazole rings is 1. The molecule has 1 aromatic carbocycles. The summed E-state index contributed by atoms with van der Waals surface area (Å²) in [6.45, 7) is 3.65. The highest BCUT2D eigenvalue weighted by Crippen LogP contribution is 2.23. The van der Waals surface area contributed by atoms with Crippen molar-refractivity contribution in [1.29, 1.82) is 0 Å². The van der Waals surface area contributed by atoms with Gasteiger partial charge in [0.25, 0.3) is 0 Å². The summed E-state index contributed by atoms with van der Waals surface area (Å²) in [7, 11) is 0. The first kappa shape index (κ1) is 14.1. The summed E-state index contributed by atoms with van der Waals surface area (Å²) >= 11 is 1.47. The molecule has 2 rings (SSSR count). The number of amides is 3. The lowest BCUT2D eigenvalue weighted by molar-refractivity contribution is -0.120. The summed E-state index contributed by atoms with van der Waals surface area (Å²) in [5.41, 5.74) is 6.57. The van der Waals surface area contributed by atoms with E-state index in [1.165, 1.54) is 11.8 Å². The number of urea groups is 1. The molecular weight excluding hydrogens is 276 g/mol. The summed E-state index contributed by atoms with van der Waals surface area (Å²) in [6, 6.07) is 6.63. The van der Waals surface area contributed by atoms with Crippen LogP contribution in [0.5, 0.6) is 0 Å². The summed E-state index contributed by atoms with van der Waals surface area (Å²) < 4.78 is 1.75. The molecule has 0 aliphatic rings. The van der Waals surface area contributed by atoms with E-state index in [4.69, 9.17) is 5.73 Å². The van der Waals surface area contributed by atoms with Crippen LogP contribution in [-0.4, -0.2) is 27.2 Å². The molecule has 7 heteroatoms. The maximum absolute atomic E-state index is 11.7. The van der Waals surface area contributed by atoms with Gasteiger partial charge in [-0.2, -0.15) is 0 Å². The van der Waals surface area contributed by atoms with E-state index in [-0.39, 0.29) is 6.54 Å². The first-order chi connectivity index (χ1) is 9.61. The van der Waals surface area contributed by atoms with Crippen LogP contribution in [0.2, 0.25) is 0 Å². The van der Waals surface area contributed by atoms with Gasteiger partial charge in [0.2, 0.25) is 5.91 Å². The summed E-state index contributed by atoms with van der Waals surface area (Å²) in [6.07, 6.45) is 1.76. The summed E-state index contributed by atoms with van der Waals surface area (Å²) in [5.74, 6) is 0.210. The number of hydrogen-bond acceptors (Lipinski definition) is 4. The smallest absolute Gasteiger partial charge is 0.318 e. The third kappa shape index (κ3) is 3.18. The van der Waals surface area contributed by atoms with E-state index in [0.717, 1.165) is 11.0 Å². The number of nitrogens with one attached hydrogen (secondary N) is 1. The largest absolute Gasteiger partial charge is 0.351 e. The minimum absolute atomic E-state index is 0.0110. The average Bonchev–Trinajstić information content (AvgIpc) is 2.74. The fourth-order valence-corrected chi connectivity index (χ4v) is 2.52. The van der Waals surface area contributed by atoms with E-state index in [9.17, 15) is 9.59 Å². The molecule has 0 fully saturated rings. The predicted molar refractivity (Wildman–Crippen MR) is 78.4 cm³/mol. The molecule has 0 saturated heterocycles. The van der Waals surface area contributed by atoms with Gasteiger partial charge in [0.05, 0.1) is 11.0 Å². The molecule has 3 amide bonds. The van der Waals surface area contributed by atoms with Crippen molar-refractivity contribution in [2.45, 2.75) is 11.7 Å². The van der Waals surface area contributed by atoms with Crippen molar-refractivity contribution >= 4 is 34.7 Å². The van der Waals surface area contributed by atoms with Crippen LogP contribution in [0, 0.1) is 0 Å².